The Balaban J connectivity index is 2.64. The molecule has 3 atom stereocenters. The van der Waals surface area contributed by atoms with Gasteiger partial charge in [0.05, 0.1) is 12.7 Å². The largest absolute Gasteiger partial charge is 0.450 e. The minimum atomic E-state index is -0.780. The van der Waals surface area contributed by atoms with Crippen molar-refractivity contribution in [3.8, 4) is 6.07 Å². The lowest BCUT2D eigenvalue weighted by Gasteiger charge is -2.22. The number of hydrogen-bond donors (Lipinski definition) is 3. The molecular weight excluding hydrogens is 312 g/mol. The van der Waals surface area contributed by atoms with Gasteiger partial charge in [-0.25, -0.2) is 4.79 Å². The highest BCUT2D eigenvalue weighted by Crippen LogP contribution is 2.16. The molecule has 0 aliphatic carbocycles. The number of nitrogens with zero attached hydrogens (tertiary/aromatic N) is 1. The smallest absolute Gasteiger partial charge is 0.407 e. The minimum absolute atomic E-state index is 0.0899. The predicted octanol–water partition coefficient (Wildman–Crippen LogP) is 0.682. The standard InChI is InChI=1S/C16H26N4O4/c1-4-24-16(23)20-13(7-10(2)3)15(22)19-12(9-17)8-11-5-6-18-14(11)21/h10-13H,4-8H2,1-3H3,(H,18,21)(H,19,22)(H,20,23)/t11-,12-,13-/m0/s1. The summed E-state index contributed by atoms with van der Waals surface area (Å²) in [6.45, 7) is 6.33. The molecule has 1 heterocycles. The maximum Gasteiger partial charge on any atom is 0.407 e. The number of alkyl carbamates (subject to hydrolysis) is 1. The second-order valence-electron chi connectivity index (χ2n) is 6.25. The fourth-order valence-electron chi connectivity index (χ4n) is 2.59. The van der Waals surface area contributed by atoms with Crippen LogP contribution in [0.5, 0.6) is 0 Å². The molecule has 0 saturated carbocycles. The van der Waals surface area contributed by atoms with E-state index in [9.17, 15) is 19.6 Å². The van der Waals surface area contributed by atoms with E-state index in [2.05, 4.69) is 16.0 Å². The average Bonchev–Trinajstić information content (AvgIpc) is 2.90. The zero-order valence-corrected chi connectivity index (χ0v) is 14.4. The highest BCUT2D eigenvalue weighted by atomic mass is 16.5. The quantitative estimate of drug-likeness (QED) is 0.601. The van der Waals surface area contributed by atoms with Crippen molar-refractivity contribution in [1.29, 1.82) is 5.26 Å². The molecule has 0 spiro atoms. The Morgan fingerprint density at radius 1 is 1.42 bits per heavy atom. The number of hydrogen-bond acceptors (Lipinski definition) is 5. The van der Waals surface area contributed by atoms with Gasteiger partial charge in [-0.2, -0.15) is 5.26 Å². The van der Waals surface area contributed by atoms with Crippen molar-refractivity contribution >= 4 is 17.9 Å². The Labute approximate surface area is 142 Å². The van der Waals surface area contributed by atoms with Crippen LogP contribution in [0.1, 0.15) is 40.0 Å². The first-order valence-electron chi connectivity index (χ1n) is 8.28. The molecule has 0 radical (unpaired) electrons. The van der Waals surface area contributed by atoms with Crippen LogP contribution in [0.25, 0.3) is 0 Å². The Kier molecular flexibility index (Phi) is 8.02. The summed E-state index contributed by atoms with van der Waals surface area (Å²) in [7, 11) is 0. The first-order valence-corrected chi connectivity index (χ1v) is 8.28. The summed E-state index contributed by atoms with van der Waals surface area (Å²) in [5.74, 6) is -0.630. The van der Waals surface area contributed by atoms with Crippen molar-refractivity contribution in [2.45, 2.75) is 52.1 Å². The number of nitriles is 1. The molecule has 3 amide bonds. The number of rotatable bonds is 8. The van der Waals surface area contributed by atoms with E-state index in [0.29, 0.717) is 19.4 Å². The van der Waals surface area contributed by atoms with Gasteiger partial charge in [-0.1, -0.05) is 13.8 Å². The van der Waals surface area contributed by atoms with Crippen molar-refractivity contribution in [2.24, 2.45) is 11.8 Å². The van der Waals surface area contributed by atoms with E-state index in [1.54, 1.807) is 6.92 Å². The number of nitrogens with one attached hydrogen (secondary N) is 3. The zero-order chi connectivity index (χ0) is 18.1. The zero-order valence-electron chi connectivity index (χ0n) is 14.4. The van der Waals surface area contributed by atoms with Crippen LogP contribution in [-0.4, -0.2) is 43.1 Å². The van der Waals surface area contributed by atoms with Gasteiger partial charge in [0.1, 0.15) is 12.1 Å². The lowest BCUT2D eigenvalue weighted by Crippen LogP contribution is -2.50. The normalized spacial score (nSPS) is 19.1. The summed E-state index contributed by atoms with van der Waals surface area (Å²) in [6.07, 6.45) is 0.680. The van der Waals surface area contributed by atoms with Gasteiger partial charge in [0.25, 0.3) is 0 Å². The maximum absolute atomic E-state index is 12.4. The van der Waals surface area contributed by atoms with E-state index in [4.69, 9.17) is 4.74 Å². The summed E-state index contributed by atoms with van der Waals surface area (Å²) < 4.78 is 4.81. The summed E-state index contributed by atoms with van der Waals surface area (Å²) in [4.78, 5) is 35.6. The van der Waals surface area contributed by atoms with Gasteiger partial charge in [-0.3, -0.25) is 9.59 Å². The van der Waals surface area contributed by atoms with Gasteiger partial charge in [-0.15, -0.1) is 0 Å². The fourth-order valence-corrected chi connectivity index (χ4v) is 2.59. The summed E-state index contributed by atoms with van der Waals surface area (Å²) in [5.41, 5.74) is 0. The molecule has 1 aliphatic heterocycles. The SMILES string of the molecule is CCOC(=O)N[C@@H](CC(C)C)C(=O)N[C@H](C#N)C[C@@H]1CCNC1=O. The monoisotopic (exact) mass is 338 g/mol. The minimum Gasteiger partial charge on any atom is -0.450 e. The molecule has 1 aliphatic rings. The van der Waals surface area contributed by atoms with Crippen LogP contribution in [-0.2, 0) is 14.3 Å². The highest BCUT2D eigenvalue weighted by molar-refractivity contribution is 5.86. The molecule has 1 rings (SSSR count). The second-order valence-corrected chi connectivity index (χ2v) is 6.25. The predicted molar refractivity (Wildman–Crippen MR) is 86.7 cm³/mol. The Bertz CT molecular complexity index is 501. The lowest BCUT2D eigenvalue weighted by molar-refractivity contribution is -0.125. The van der Waals surface area contributed by atoms with Crippen LogP contribution >= 0.6 is 0 Å². The van der Waals surface area contributed by atoms with Crippen molar-refractivity contribution in [3.63, 3.8) is 0 Å². The molecule has 3 N–H and O–H groups in total. The first-order chi connectivity index (χ1) is 11.4. The molecule has 8 nitrogen and oxygen atoms in total. The first kappa shape index (κ1) is 19.7. The van der Waals surface area contributed by atoms with Gasteiger partial charge in [0.15, 0.2) is 0 Å². The van der Waals surface area contributed by atoms with E-state index in [1.807, 2.05) is 19.9 Å². The third-order valence-corrected chi connectivity index (χ3v) is 3.75. The number of carbonyl (C=O) groups excluding carboxylic acids is 3. The topological polar surface area (TPSA) is 120 Å². The Morgan fingerprint density at radius 2 is 2.12 bits per heavy atom. The summed E-state index contributed by atoms with van der Waals surface area (Å²) in [5, 5.41) is 17.1. The lowest BCUT2D eigenvalue weighted by atomic mass is 9.98. The van der Waals surface area contributed by atoms with Crippen LogP contribution in [0, 0.1) is 23.2 Å². The van der Waals surface area contributed by atoms with Crippen molar-refractivity contribution in [3.05, 3.63) is 0 Å². The van der Waals surface area contributed by atoms with Gasteiger partial charge in [0.2, 0.25) is 11.8 Å². The highest BCUT2D eigenvalue weighted by Gasteiger charge is 2.30. The third kappa shape index (κ3) is 6.44. The van der Waals surface area contributed by atoms with E-state index in [-0.39, 0.29) is 30.8 Å². The van der Waals surface area contributed by atoms with Gasteiger partial charge < -0.3 is 20.7 Å². The molecule has 0 aromatic rings. The van der Waals surface area contributed by atoms with Gasteiger partial charge >= 0.3 is 6.09 Å². The van der Waals surface area contributed by atoms with Crippen LogP contribution < -0.4 is 16.0 Å². The average molecular weight is 338 g/mol. The summed E-state index contributed by atoms with van der Waals surface area (Å²) >= 11 is 0. The van der Waals surface area contributed by atoms with Crippen molar-refractivity contribution in [2.75, 3.05) is 13.2 Å². The summed E-state index contributed by atoms with van der Waals surface area (Å²) in [6, 6.07) is 0.458. The van der Waals surface area contributed by atoms with Crippen molar-refractivity contribution < 1.29 is 19.1 Å². The molecule has 0 bridgehead atoms. The van der Waals surface area contributed by atoms with E-state index in [1.165, 1.54) is 0 Å². The number of carbonyl (C=O) groups is 3. The van der Waals surface area contributed by atoms with Crippen LogP contribution in [0.3, 0.4) is 0 Å². The van der Waals surface area contributed by atoms with E-state index < -0.39 is 24.1 Å². The Hall–Kier alpha value is -2.30. The molecule has 1 saturated heterocycles. The molecule has 0 aromatic carbocycles. The molecular formula is C16H26N4O4. The molecule has 24 heavy (non-hydrogen) atoms. The molecule has 0 unspecified atom stereocenters. The van der Waals surface area contributed by atoms with Crippen LogP contribution in [0.15, 0.2) is 0 Å². The molecule has 8 heteroatoms. The molecule has 0 aromatic heterocycles. The fraction of sp³-hybridized carbons (Fsp3) is 0.750. The molecule has 1 fully saturated rings. The Morgan fingerprint density at radius 3 is 2.62 bits per heavy atom. The van der Waals surface area contributed by atoms with E-state index >= 15 is 0 Å². The molecule has 134 valence electrons. The second kappa shape index (κ2) is 9.75. The van der Waals surface area contributed by atoms with Gasteiger partial charge in [0, 0.05) is 12.5 Å². The van der Waals surface area contributed by atoms with Gasteiger partial charge in [-0.05, 0) is 32.1 Å². The van der Waals surface area contributed by atoms with E-state index in [0.717, 1.165) is 0 Å². The maximum atomic E-state index is 12.4. The number of amides is 3. The van der Waals surface area contributed by atoms with Crippen LogP contribution in [0.2, 0.25) is 0 Å². The number of ether oxygens (including phenoxy) is 1. The third-order valence-electron chi connectivity index (χ3n) is 3.75. The van der Waals surface area contributed by atoms with Crippen molar-refractivity contribution in [1.82, 2.24) is 16.0 Å². The van der Waals surface area contributed by atoms with Crippen LogP contribution in [0.4, 0.5) is 4.79 Å².